The second kappa shape index (κ2) is 21.5. The molecule has 0 aromatic heterocycles. The molecule has 0 N–H and O–H groups in total. The van der Waals surface area contributed by atoms with Gasteiger partial charge < -0.3 is 4.74 Å². The molecule has 0 fully saturated rings. The largest absolute Gasteiger partial charge is 0.466 e. The van der Waals surface area contributed by atoms with E-state index in [4.69, 9.17) is 4.74 Å². The third-order valence-electron chi connectivity index (χ3n) is 4.89. The van der Waals surface area contributed by atoms with Gasteiger partial charge in [0.05, 0.1) is 6.61 Å². The van der Waals surface area contributed by atoms with E-state index in [9.17, 15) is 4.79 Å². The molecule has 0 rings (SSSR count). The van der Waals surface area contributed by atoms with E-state index in [0.29, 0.717) is 13.0 Å². The highest BCUT2D eigenvalue weighted by atomic mass is 16.5. The van der Waals surface area contributed by atoms with Gasteiger partial charge in [-0.2, -0.15) is 0 Å². The first-order valence-corrected chi connectivity index (χ1v) is 11.3. The number of esters is 1. The minimum Gasteiger partial charge on any atom is -0.466 e. The molecule has 0 aliphatic heterocycles. The van der Waals surface area contributed by atoms with Crippen molar-refractivity contribution in [3.8, 4) is 0 Å². The van der Waals surface area contributed by atoms with Crippen molar-refractivity contribution >= 4 is 5.97 Å². The van der Waals surface area contributed by atoms with Gasteiger partial charge in [0.1, 0.15) is 0 Å². The summed E-state index contributed by atoms with van der Waals surface area (Å²) < 4.78 is 5.27. The Morgan fingerprint density at radius 2 is 1.08 bits per heavy atom. The fourth-order valence-corrected chi connectivity index (χ4v) is 3.18. The van der Waals surface area contributed by atoms with Crippen LogP contribution in [0.5, 0.6) is 0 Å². The van der Waals surface area contributed by atoms with Gasteiger partial charge in [0.15, 0.2) is 0 Å². The molecule has 25 heavy (non-hydrogen) atoms. The lowest BCUT2D eigenvalue weighted by molar-refractivity contribution is -0.143. The molecule has 0 amide bonds. The zero-order valence-electron chi connectivity index (χ0n) is 17.2. The third-order valence-corrected chi connectivity index (χ3v) is 4.89. The maximum Gasteiger partial charge on any atom is 0.305 e. The highest BCUT2D eigenvalue weighted by molar-refractivity contribution is 5.69. The normalized spacial score (nSPS) is 11.0. The molecule has 2 heteroatoms. The van der Waals surface area contributed by atoms with Crippen LogP contribution in [0.4, 0.5) is 0 Å². The Kier molecular flexibility index (Phi) is 21.1. The van der Waals surface area contributed by atoms with Gasteiger partial charge in [0, 0.05) is 6.42 Å². The van der Waals surface area contributed by atoms with Crippen LogP contribution >= 0.6 is 0 Å². The molecule has 0 spiro atoms. The van der Waals surface area contributed by atoms with Crippen LogP contribution in [0.15, 0.2) is 0 Å². The van der Waals surface area contributed by atoms with E-state index < -0.39 is 0 Å². The Morgan fingerprint density at radius 1 is 0.640 bits per heavy atom. The highest BCUT2D eigenvalue weighted by Gasteiger charge is 2.02. The molecule has 149 valence electrons. The van der Waals surface area contributed by atoms with E-state index in [2.05, 4.69) is 13.8 Å². The molecule has 0 bridgehead atoms. The minimum atomic E-state index is -0.0150. The molecule has 0 atom stereocenters. The van der Waals surface area contributed by atoms with Crippen molar-refractivity contribution in [2.75, 3.05) is 6.61 Å². The second-order valence-electron chi connectivity index (χ2n) is 7.48. The zero-order chi connectivity index (χ0) is 18.4. The van der Waals surface area contributed by atoms with Crippen LogP contribution < -0.4 is 0 Å². The average Bonchev–Trinajstić information content (AvgIpc) is 2.62. The van der Waals surface area contributed by atoms with E-state index in [0.717, 1.165) is 32.1 Å². The lowest BCUT2D eigenvalue weighted by atomic mass is 10.0. The Morgan fingerprint density at radius 3 is 1.56 bits per heavy atom. The van der Waals surface area contributed by atoms with Crippen molar-refractivity contribution in [2.24, 2.45) is 0 Å². The fourth-order valence-electron chi connectivity index (χ4n) is 3.18. The van der Waals surface area contributed by atoms with Gasteiger partial charge in [-0.1, -0.05) is 117 Å². The van der Waals surface area contributed by atoms with Crippen molar-refractivity contribution in [2.45, 2.75) is 129 Å². The van der Waals surface area contributed by atoms with E-state index in [1.165, 1.54) is 83.5 Å². The first kappa shape index (κ1) is 24.5. The lowest BCUT2D eigenvalue weighted by Crippen LogP contribution is -2.05. The number of rotatable bonds is 20. The van der Waals surface area contributed by atoms with Gasteiger partial charge in [-0.25, -0.2) is 0 Å². The summed E-state index contributed by atoms with van der Waals surface area (Å²) in [5, 5.41) is 0. The van der Waals surface area contributed by atoms with E-state index in [1.807, 2.05) is 0 Å². The molecule has 0 aromatic carbocycles. The average molecular weight is 354 g/mol. The Labute approximate surface area is 158 Å². The fraction of sp³-hybridized carbons (Fsp3) is 0.913. The summed E-state index contributed by atoms with van der Waals surface area (Å²) in [6.45, 7) is 6.70. The van der Waals surface area contributed by atoms with Crippen LogP contribution in [0.25, 0.3) is 0 Å². The molecule has 0 aliphatic carbocycles. The molecule has 2 nitrogen and oxygen atoms in total. The van der Waals surface area contributed by atoms with Gasteiger partial charge in [0.2, 0.25) is 0 Å². The van der Waals surface area contributed by atoms with Gasteiger partial charge in [-0.3, -0.25) is 4.79 Å². The Bertz CT molecular complexity index is 263. The summed E-state index contributed by atoms with van der Waals surface area (Å²) in [7, 11) is 0. The summed E-state index contributed by atoms with van der Waals surface area (Å²) in [4.78, 5) is 11.5. The monoisotopic (exact) mass is 353 g/mol. The quantitative estimate of drug-likeness (QED) is 0.165. The van der Waals surface area contributed by atoms with Crippen LogP contribution in [0.2, 0.25) is 0 Å². The number of ether oxygens (including phenoxy) is 1. The predicted molar refractivity (Wildman–Crippen MR) is 110 cm³/mol. The summed E-state index contributed by atoms with van der Waals surface area (Å²) in [5.41, 5.74) is 0. The van der Waals surface area contributed by atoms with Crippen LogP contribution in [-0.4, -0.2) is 12.6 Å². The minimum absolute atomic E-state index is 0.0150. The summed E-state index contributed by atoms with van der Waals surface area (Å²) in [6, 6.07) is 0. The van der Waals surface area contributed by atoms with E-state index in [1.54, 1.807) is 0 Å². The first-order chi connectivity index (χ1) is 12.3. The molecule has 0 saturated carbocycles. The van der Waals surface area contributed by atoms with Gasteiger partial charge in [-0.15, -0.1) is 0 Å². The van der Waals surface area contributed by atoms with Crippen LogP contribution in [-0.2, 0) is 9.53 Å². The SMILES string of the molecule is [CH2]CCCCCC(=O)OCCCCCCCCCCCCCCCC. The van der Waals surface area contributed by atoms with Crippen LogP contribution in [0.1, 0.15) is 129 Å². The highest BCUT2D eigenvalue weighted by Crippen LogP contribution is 2.13. The first-order valence-electron chi connectivity index (χ1n) is 11.3. The third kappa shape index (κ3) is 21.4. The molecule has 0 aromatic rings. The molecule has 0 aliphatic rings. The number of unbranched alkanes of at least 4 members (excludes halogenated alkanes) is 16. The standard InChI is InChI=1S/C23H45O2/c1-3-5-7-9-10-11-12-13-14-15-16-17-18-20-22-25-23(24)21-19-8-6-4-2/h2-22H2,1H3. The van der Waals surface area contributed by atoms with Gasteiger partial charge in [-0.05, 0) is 12.8 Å². The molecule has 0 unspecified atom stereocenters. The van der Waals surface area contributed by atoms with Gasteiger partial charge >= 0.3 is 5.97 Å². The van der Waals surface area contributed by atoms with E-state index in [-0.39, 0.29) is 5.97 Å². The smallest absolute Gasteiger partial charge is 0.305 e. The van der Waals surface area contributed by atoms with Gasteiger partial charge in [0.25, 0.3) is 0 Å². The Balaban J connectivity index is 3.08. The van der Waals surface area contributed by atoms with Crippen LogP contribution in [0, 0.1) is 6.92 Å². The summed E-state index contributed by atoms with van der Waals surface area (Å²) in [5.74, 6) is -0.0150. The Hall–Kier alpha value is -0.530. The van der Waals surface area contributed by atoms with Crippen molar-refractivity contribution in [1.29, 1.82) is 0 Å². The summed E-state index contributed by atoms with van der Waals surface area (Å²) in [6.07, 6.45) is 23.7. The molecule has 1 radical (unpaired) electrons. The summed E-state index contributed by atoms with van der Waals surface area (Å²) >= 11 is 0. The molecular formula is C23H45O2. The van der Waals surface area contributed by atoms with Crippen molar-refractivity contribution in [3.63, 3.8) is 0 Å². The number of carbonyl (C=O) groups excluding carboxylic acids is 1. The molecular weight excluding hydrogens is 308 g/mol. The second-order valence-corrected chi connectivity index (χ2v) is 7.48. The topological polar surface area (TPSA) is 26.3 Å². The number of hydrogen-bond donors (Lipinski definition) is 0. The zero-order valence-corrected chi connectivity index (χ0v) is 17.2. The number of hydrogen-bond acceptors (Lipinski definition) is 2. The molecule has 0 heterocycles. The van der Waals surface area contributed by atoms with E-state index >= 15 is 0 Å². The van der Waals surface area contributed by atoms with Crippen molar-refractivity contribution in [1.82, 2.24) is 0 Å². The van der Waals surface area contributed by atoms with Crippen molar-refractivity contribution < 1.29 is 9.53 Å². The molecule has 0 saturated heterocycles. The number of carbonyl (C=O) groups is 1. The lowest BCUT2D eigenvalue weighted by Gasteiger charge is -2.05. The predicted octanol–water partition coefficient (Wildman–Crippen LogP) is 7.80. The van der Waals surface area contributed by atoms with Crippen LogP contribution in [0.3, 0.4) is 0 Å². The maximum absolute atomic E-state index is 11.5. The maximum atomic E-state index is 11.5. The van der Waals surface area contributed by atoms with Crippen molar-refractivity contribution in [3.05, 3.63) is 6.92 Å².